The van der Waals surface area contributed by atoms with E-state index in [1.165, 1.54) is 24.6 Å². The third-order valence-electron chi connectivity index (χ3n) is 1.29. The standard InChI is InChI=1S/C8H7F2/c1-2-6-7(9)4-3-5-8(6)10/h2-5H,1H3. The van der Waals surface area contributed by atoms with Crippen molar-refractivity contribution >= 4 is 0 Å². The average molecular weight is 141 g/mol. The fourth-order valence-electron chi connectivity index (χ4n) is 0.786. The van der Waals surface area contributed by atoms with Crippen LogP contribution in [0, 0.1) is 18.1 Å². The Morgan fingerprint density at radius 3 is 2.00 bits per heavy atom. The SMILES string of the molecule is C[CH]c1c(F)cccc1F. The maximum atomic E-state index is 12.6. The van der Waals surface area contributed by atoms with Gasteiger partial charge in [0.1, 0.15) is 11.6 Å². The zero-order valence-corrected chi connectivity index (χ0v) is 5.57. The van der Waals surface area contributed by atoms with E-state index >= 15 is 0 Å². The summed E-state index contributed by atoms with van der Waals surface area (Å²) in [5, 5.41) is 0. The number of hydrogen-bond donors (Lipinski definition) is 0. The minimum absolute atomic E-state index is 0.0440. The molecule has 0 aliphatic heterocycles. The van der Waals surface area contributed by atoms with Crippen LogP contribution in [0.1, 0.15) is 12.5 Å². The van der Waals surface area contributed by atoms with Gasteiger partial charge in [-0.2, -0.15) is 0 Å². The van der Waals surface area contributed by atoms with Crippen LogP contribution in [-0.2, 0) is 0 Å². The fraction of sp³-hybridized carbons (Fsp3) is 0.125. The second-order valence-corrected chi connectivity index (χ2v) is 1.92. The highest BCUT2D eigenvalue weighted by molar-refractivity contribution is 5.25. The van der Waals surface area contributed by atoms with E-state index in [1.54, 1.807) is 6.92 Å². The molecule has 0 aromatic heterocycles. The maximum absolute atomic E-state index is 12.6. The molecule has 0 fully saturated rings. The molecule has 0 N–H and O–H groups in total. The molecule has 0 unspecified atom stereocenters. The molecule has 1 rings (SSSR count). The largest absolute Gasteiger partial charge is 0.207 e. The van der Waals surface area contributed by atoms with E-state index in [1.807, 2.05) is 0 Å². The van der Waals surface area contributed by atoms with Gasteiger partial charge in [-0.1, -0.05) is 13.0 Å². The van der Waals surface area contributed by atoms with Crippen LogP contribution in [0.4, 0.5) is 8.78 Å². The first-order chi connectivity index (χ1) is 4.75. The summed E-state index contributed by atoms with van der Waals surface area (Å²) in [5.41, 5.74) is 0.0440. The van der Waals surface area contributed by atoms with Gasteiger partial charge in [0, 0.05) is 5.56 Å². The number of benzene rings is 1. The van der Waals surface area contributed by atoms with Crippen LogP contribution < -0.4 is 0 Å². The van der Waals surface area contributed by atoms with Crippen molar-refractivity contribution in [3.05, 3.63) is 41.8 Å². The summed E-state index contributed by atoms with van der Waals surface area (Å²) in [5.74, 6) is -1.02. The van der Waals surface area contributed by atoms with Crippen molar-refractivity contribution in [1.82, 2.24) is 0 Å². The van der Waals surface area contributed by atoms with Crippen molar-refractivity contribution in [2.24, 2.45) is 0 Å². The first kappa shape index (κ1) is 7.19. The van der Waals surface area contributed by atoms with Crippen LogP contribution >= 0.6 is 0 Å². The summed E-state index contributed by atoms with van der Waals surface area (Å²) < 4.78 is 25.2. The van der Waals surface area contributed by atoms with Crippen molar-refractivity contribution < 1.29 is 8.78 Å². The molecule has 0 nitrogen and oxygen atoms in total. The van der Waals surface area contributed by atoms with Crippen molar-refractivity contribution in [2.45, 2.75) is 6.92 Å². The summed E-state index contributed by atoms with van der Waals surface area (Å²) in [6.07, 6.45) is 1.41. The van der Waals surface area contributed by atoms with Gasteiger partial charge in [0.05, 0.1) is 0 Å². The van der Waals surface area contributed by atoms with Crippen LogP contribution in [0.25, 0.3) is 0 Å². The summed E-state index contributed by atoms with van der Waals surface area (Å²) >= 11 is 0. The molecular weight excluding hydrogens is 134 g/mol. The lowest BCUT2D eigenvalue weighted by molar-refractivity contribution is 0.571. The molecule has 1 aromatic carbocycles. The summed E-state index contributed by atoms with van der Waals surface area (Å²) in [4.78, 5) is 0. The molecule has 0 aliphatic rings. The van der Waals surface area contributed by atoms with Crippen LogP contribution in [0.15, 0.2) is 18.2 Å². The van der Waals surface area contributed by atoms with Gasteiger partial charge < -0.3 is 0 Å². The first-order valence-corrected chi connectivity index (χ1v) is 2.99. The van der Waals surface area contributed by atoms with Crippen molar-refractivity contribution in [3.63, 3.8) is 0 Å². The van der Waals surface area contributed by atoms with Crippen molar-refractivity contribution in [1.29, 1.82) is 0 Å². The number of hydrogen-bond acceptors (Lipinski definition) is 0. The lowest BCUT2D eigenvalue weighted by Gasteiger charge is -1.98. The molecule has 0 aliphatic carbocycles. The molecule has 0 spiro atoms. The second kappa shape index (κ2) is 2.78. The Morgan fingerprint density at radius 2 is 1.70 bits per heavy atom. The number of halogens is 2. The molecule has 10 heavy (non-hydrogen) atoms. The second-order valence-electron chi connectivity index (χ2n) is 1.92. The molecule has 1 radical (unpaired) electrons. The van der Waals surface area contributed by atoms with Crippen LogP contribution in [-0.4, -0.2) is 0 Å². The molecule has 0 amide bonds. The van der Waals surface area contributed by atoms with E-state index in [9.17, 15) is 8.78 Å². The van der Waals surface area contributed by atoms with Crippen LogP contribution in [0.5, 0.6) is 0 Å². The molecular formula is C8H7F2. The van der Waals surface area contributed by atoms with Crippen LogP contribution in [0.3, 0.4) is 0 Å². The predicted octanol–water partition coefficient (Wildman–Crippen LogP) is 2.54. The Bertz CT molecular complexity index is 210. The topological polar surface area (TPSA) is 0 Å². The highest BCUT2D eigenvalue weighted by Crippen LogP contribution is 2.12. The van der Waals surface area contributed by atoms with E-state index in [4.69, 9.17) is 0 Å². The van der Waals surface area contributed by atoms with Gasteiger partial charge in [0.25, 0.3) is 0 Å². The third-order valence-corrected chi connectivity index (χ3v) is 1.29. The summed E-state index contributed by atoms with van der Waals surface area (Å²) in [7, 11) is 0. The van der Waals surface area contributed by atoms with Gasteiger partial charge in [-0.3, -0.25) is 0 Å². The fourth-order valence-corrected chi connectivity index (χ4v) is 0.786. The normalized spacial score (nSPS) is 9.90. The minimum Gasteiger partial charge on any atom is -0.207 e. The molecule has 0 bridgehead atoms. The minimum atomic E-state index is -0.512. The average Bonchev–Trinajstić information content (AvgIpc) is 1.88. The third kappa shape index (κ3) is 1.15. The van der Waals surface area contributed by atoms with Gasteiger partial charge >= 0.3 is 0 Å². The lowest BCUT2D eigenvalue weighted by atomic mass is 10.1. The molecule has 2 heteroatoms. The first-order valence-electron chi connectivity index (χ1n) is 2.99. The highest BCUT2D eigenvalue weighted by Gasteiger charge is 2.03. The highest BCUT2D eigenvalue weighted by atomic mass is 19.1. The van der Waals surface area contributed by atoms with E-state index < -0.39 is 11.6 Å². The smallest absolute Gasteiger partial charge is 0.129 e. The molecule has 0 heterocycles. The van der Waals surface area contributed by atoms with Gasteiger partial charge in [0.15, 0.2) is 0 Å². The Hall–Kier alpha value is -0.920. The molecule has 53 valence electrons. The Morgan fingerprint density at radius 1 is 1.20 bits per heavy atom. The monoisotopic (exact) mass is 141 g/mol. The van der Waals surface area contributed by atoms with Gasteiger partial charge in [-0.25, -0.2) is 8.78 Å². The number of rotatable bonds is 1. The predicted molar refractivity (Wildman–Crippen MR) is 35.4 cm³/mol. The summed E-state index contributed by atoms with van der Waals surface area (Å²) in [6.45, 7) is 1.60. The van der Waals surface area contributed by atoms with E-state index in [2.05, 4.69) is 0 Å². The Labute approximate surface area is 58.5 Å². The van der Waals surface area contributed by atoms with E-state index in [0.717, 1.165) is 0 Å². The summed E-state index contributed by atoms with van der Waals surface area (Å²) in [6, 6.07) is 3.81. The van der Waals surface area contributed by atoms with Gasteiger partial charge in [-0.05, 0) is 18.6 Å². The van der Waals surface area contributed by atoms with E-state index in [-0.39, 0.29) is 5.56 Å². The van der Waals surface area contributed by atoms with Crippen molar-refractivity contribution in [3.8, 4) is 0 Å². The Balaban J connectivity index is 3.17. The quantitative estimate of drug-likeness (QED) is 0.563. The zero-order valence-electron chi connectivity index (χ0n) is 5.57. The Kier molecular flexibility index (Phi) is 2.00. The molecule has 0 saturated carbocycles. The van der Waals surface area contributed by atoms with E-state index in [0.29, 0.717) is 0 Å². The molecule has 1 aromatic rings. The van der Waals surface area contributed by atoms with Crippen LogP contribution in [0.2, 0.25) is 0 Å². The molecule has 0 saturated heterocycles. The lowest BCUT2D eigenvalue weighted by Crippen LogP contribution is -1.89. The zero-order chi connectivity index (χ0) is 7.56. The van der Waals surface area contributed by atoms with Gasteiger partial charge in [0.2, 0.25) is 0 Å². The van der Waals surface area contributed by atoms with Gasteiger partial charge in [-0.15, -0.1) is 0 Å². The van der Waals surface area contributed by atoms with Crippen molar-refractivity contribution in [2.75, 3.05) is 0 Å². The molecule has 0 atom stereocenters. The maximum Gasteiger partial charge on any atom is 0.129 e.